The number of benzene rings is 1. The number of amides is 1. The molecule has 0 radical (unpaired) electrons. The summed E-state index contributed by atoms with van der Waals surface area (Å²) in [6.07, 6.45) is 1.54. The van der Waals surface area contributed by atoms with E-state index in [1.54, 1.807) is 12.1 Å². The van der Waals surface area contributed by atoms with Crippen molar-refractivity contribution in [3.05, 3.63) is 70.8 Å². The average molecular weight is 367 g/mol. The second kappa shape index (κ2) is 6.58. The van der Waals surface area contributed by atoms with Gasteiger partial charge in [0.15, 0.2) is 5.82 Å². The monoisotopic (exact) mass is 366 g/mol. The van der Waals surface area contributed by atoms with Gasteiger partial charge in [-0.05, 0) is 23.6 Å². The molecule has 0 aliphatic heterocycles. The summed E-state index contributed by atoms with van der Waals surface area (Å²) in [7, 11) is 0. The number of thiophene rings is 1. The van der Waals surface area contributed by atoms with Crippen molar-refractivity contribution in [1.29, 1.82) is 0 Å². The van der Waals surface area contributed by atoms with Gasteiger partial charge in [-0.25, -0.2) is 15.0 Å². The number of nitrogens with one attached hydrogen (secondary N) is 1. The van der Waals surface area contributed by atoms with Gasteiger partial charge < -0.3 is 5.32 Å². The van der Waals surface area contributed by atoms with Crippen molar-refractivity contribution in [3.63, 3.8) is 0 Å². The minimum atomic E-state index is -0.358. The molecule has 122 valence electrons. The molecule has 7 heteroatoms. The van der Waals surface area contributed by atoms with Crippen molar-refractivity contribution >= 4 is 44.9 Å². The molecule has 0 aliphatic rings. The highest BCUT2D eigenvalue weighted by Gasteiger charge is 2.16. The van der Waals surface area contributed by atoms with Crippen LogP contribution in [0.25, 0.3) is 21.6 Å². The summed E-state index contributed by atoms with van der Waals surface area (Å²) >= 11 is 7.50. The van der Waals surface area contributed by atoms with Gasteiger partial charge in [0, 0.05) is 11.8 Å². The van der Waals surface area contributed by atoms with E-state index >= 15 is 0 Å². The van der Waals surface area contributed by atoms with Crippen LogP contribution in [-0.4, -0.2) is 20.9 Å². The van der Waals surface area contributed by atoms with Gasteiger partial charge in [-0.15, -0.1) is 11.3 Å². The molecule has 4 aromatic rings. The Morgan fingerprint density at radius 2 is 1.88 bits per heavy atom. The quantitative estimate of drug-likeness (QED) is 0.535. The molecule has 1 aromatic carbocycles. The van der Waals surface area contributed by atoms with Gasteiger partial charge >= 0.3 is 0 Å². The first-order chi connectivity index (χ1) is 12.2. The Balaban J connectivity index is 1.77. The zero-order valence-electron chi connectivity index (χ0n) is 12.8. The number of carbonyl (C=O) groups excluding carboxylic acids is 1. The lowest BCUT2D eigenvalue weighted by atomic mass is 10.2. The van der Waals surface area contributed by atoms with E-state index in [0.29, 0.717) is 17.2 Å². The van der Waals surface area contributed by atoms with Crippen LogP contribution in [0.4, 0.5) is 5.82 Å². The highest BCUT2D eigenvalue weighted by molar-refractivity contribution is 7.16. The SMILES string of the molecule is O=C(Nc1nc(-c2ccccc2)nc2sccc12)c1cccnc1Cl. The van der Waals surface area contributed by atoms with Gasteiger partial charge in [-0.2, -0.15) is 0 Å². The van der Waals surface area contributed by atoms with Gasteiger partial charge in [-0.1, -0.05) is 41.9 Å². The first-order valence-electron chi connectivity index (χ1n) is 7.45. The van der Waals surface area contributed by atoms with E-state index in [1.165, 1.54) is 17.5 Å². The molecule has 0 atom stereocenters. The maximum atomic E-state index is 12.6. The third-order valence-corrected chi connectivity index (χ3v) is 4.70. The van der Waals surface area contributed by atoms with Crippen molar-refractivity contribution < 1.29 is 4.79 Å². The van der Waals surface area contributed by atoms with Crippen molar-refractivity contribution in [1.82, 2.24) is 15.0 Å². The van der Waals surface area contributed by atoms with Gasteiger partial charge in [0.05, 0.1) is 10.9 Å². The Kier molecular flexibility index (Phi) is 4.13. The summed E-state index contributed by atoms with van der Waals surface area (Å²) in [6.45, 7) is 0. The predicted octanol–water partition coefficient (Wildman–Crippen LogP) is 4.66. The first-order valence-corrected chi connectivity index (χ1v) is 8.70. The molecule has 0 unspecified atom stereocenters. The molecular formula is C18H11ClN4OS. The van der Waals surface area contributed by atoms with Crippen LogP contribution >= 0.6 is 22.9 Å². The van der Waals surface area contributed by atoms with E-state index in [2.05, 4.69) is 20.3 Å². The van der Waals surface area contributed by atoms with Crippen molar-refractivity contribution in [2.24, 2.45) is 0 Å². The lowest BCUT2D eigenvalue weighted by Crippen LogP contribution is -2.14. The van der Waals surface area contributed by atoms with Crippen LogP contribution in [-0.2, 0) is 0 Å². The van der Waals surface area contributed by atoms with E-state index in [4.69, 9.17) is 11.6 Å². The summed E-state index contributed by atoms with van der Waals surface area (Å²) in [5.41, 5.74) is 1.18. The highest BCUT2D eigenvalue weighted by Crippen LogP contribution is 2.29. The Labute approximate surface area is 152 Å². The minimum Gasteiger partial charge on any atom is -0.306 e. The largest absolute Gasteiger partial charge is 0.306 e. The van der Waals surface area contributed by atoms with Crippen molar-refractivity contribution in [2.45, 2.75) is 0 Å². The smallest absolute Gasteiger partial charge is 0.259 e. The lowest BCUT2D eigenvalue weighted by Gasteiger charge is -2.08. The lowest BCUT2D eigenvalue weighted by molar-refractivity contribution is 0.102. The van der Waals surface area contributed by atoms with E-state index in [0.717, 1.165) is 15.8 Å². The number of rotatable bonds is 3. The number of nitrogens with zero attached hydrogens (tertiary/aromatic N) is 3. The molecule has 1 amide bonds. The Morgan fingerprint density at radius 3 is 2.68 bits per heavy atom. The van der Waals surface area contributed by atoms with Crippen LogP contribution in [0.2, 0.25) is 5.15 Å². The molecular weight excluding hydrogens is 356 g/mol. The van der Waals surface area contributed by atoms with Gasteiger partial charge in [-0.3, -0.25) is 4.79 Å². The topological polar surface area (TPSA) is 67.8 Å². The summed E-state index contributed by atoms with van der Waals surface area (Å²) in [6, 6.07) is 14.8. The maximum Gasteiger partial charge on any atom is 0.259 e. The second-order valence-corrected chi connectivity index (χ2v) is 6.45. The normalized spacial score (nSPS) is 10.8. The fourth-order valence-electron chi connectivity index (χ4n) is 2.40. The first kappa shape index (κ1) is 15.7. The van der Waals surface area contributed by atoms with Crippen LogP contribution in [0.1, 0.15) is 10.4 Å². The number of hydrogen-bond acceptors (Lipinski definition) is 5. The third kappa shape index (κ3) is 3.09. The van der Waals surface area contributed by atoms with Crippen molar-refractivity contribution in [3.8, 4) is 11.4 Å². The number of halogens is 1. The van der Waals surface area contributed by atoms with E-state index in [-0.39, 0.29) is 11.1 Å². The summed E-state index contributed by atoms with van der Waals surface area (Å²) in [4.78, 5) is 26.4. The van der Waals surface area contributed by atoms with E-state index < -0.39 is 0 Å². The molecule has 0 bridgehead atoms. The van der Waals surface area contributed by atoms with Gasteiger partial charge in [0.1, 0.15) is 15.8 Å². The number of pyridine rings is 1. The number of aromatic nitrogens is 3. The van der Waals surface area contributed by atoms with Gasteiger partial charge in [0.2, 0.25) is 0 Å². The maximum absolute atomic E-state index is 12.6. The molecule has 3 aromatic heterocycles. The molecule has 0 fully saturated rings. The molecule has 4 rings (SSSR count). The highest BCUT2D eigenvalue weighted by atomic mass is 35.5. The molecule has 3 heterocycles. The van der Waals surface area contributed by atoms with Crippen LogP contribution in [0.3, 0.4) is 0 Å². The molecule has 0 saturated heterocycles. The fraction of sp³-hybridized carbons (Fsp3) is 0. The Morgan fingerprint density at radius 1 is 1.04 bits per heavy atom. The third-order valence-electron chi connectivity index (χ3n) is 3.59. The van der Waals surface area contributed by atoms with Crippen molar-refractivity contribution in [2.75, 3.05) is 5.32 Å². The van der Waals surface area contributed by atoms with Crippen LogP contribution in [0.15, 0.2) is 60.1 Å². The Bertz CT molecular complexity index is 1070. The van der Waals surface area contributed by atoms with E-state index in [9.17, 15) is 4.79 Å². The fourth-order valence-corrected chi connectivity index (χ4v) is 3.37. The molecule has 25 heavy (non-hydrogen) atoms. The molecule has 0 saturated carbocycles. The molecule has 1 N–H and O–H groups in total. The zero-order chi connectivity index (χ0) is 17.2. The van der Waals surface area contributed by atoms with Gasteiger partial charge in [0.25, 0.3) is 5.91 Å². The summed E-state index contributed by atoms with van der Waals surface area (Å²) in [5, 5.41) is 5.69. The minimum absolute atomic E-state index is 0.152. The number of carbonyl (C=O) groups is 1. The van der Waals surface area contributed by atoms with Crippen LogP contribution in [0.5, 0.6) is 0 Å². The average Bonchev–Trinajstić information content (AvgIpc) is 3.11. The molecule has 5 nitrogen and oxygen atoms in total. The number of hydrogen-bond donors (Lipinski definition) is 1. The Hall–Kier alpha value is -2.83. The second-order valence-electron chi connectivity index (χ2n) is 5.20. The summed E-state index contributed by atoms with van der Waals surface area (Å²) < 4.78 is 0. The number of fused-ring (bicyclic) bond motifs is 1. The molecule has 0 spiro atoms. The van der Waals surface area contributed by atoms with Crippen LogP contribution < -0.4 is 5.32 Å². The zero-order valence-corrected chi connectivity index (χ0v) is 14.4. The molecule has 0 aliphatic carbocycles. The standard InChI is InChI=1S/C18H11ClN4OS/c19-14-12(7-4-9-20-14)17(24)22-16-13-8-10-25-18(13)23-15(21-16)11-5-2-1-3-6-11/h1-10H,(H,21,22,23,24). The van der Waals surface area contributed by atoms with Crippen LogP contribution in [0, 0.1) is 0 Å². The van der Waals surface area contributed by atoms with E-state index in [1.807, 2.05) is 41.8 Å². The number of anilines is 1. The predicted molar refractivity (Wildman–Crippen MR) is 100 cm³/mol. The summed E-state index contributed by atoms with van der Waals surface area (Å²) in [5.74, 6) is 0.654.